The molecule has 1 N–H and O–H groups in total. The van der Waals surface area contributed by atoms with Crippen LogP contribution in [-0.2, 0) is 0 Å². The van der Waals surface area contributed by atoms with Crippen LogP contribution in [0.25, 0.3) is 11.3 Å². The molecule has 0 amide bonds. The lowest BCUT2D eigenvalue weighted by molar-refractivity contribution is 0.0689. The predicted molar refractivity (Wildman–Crippen MR) is 78.7 cm³/mol. The molecule has 3 aromatic rings. The zero-order valence-electron chi connectivity index (χ0n) is 12.0. The number of rotatable bonds is 4. The quantitative estimate of drug-likeness (QED) is 0.739. The molecule has 0 aliphatic rings. The lowest BCUT2D eigenvalue weighted by Gasteiger charge is -2.07. The maximum atomic E-state index is 13.7. The van der Waals surface area contributed by atoms with Crippen molar-refractivity contribution in [3.05, 3.63) is 66.1 Å². The van der Waals surface area contributed by atoms with Crippen molar-refractivity contribution in [2.24, 2.45) is 0 Å². The number of ether oxygens (including phenoxy) is 1. The van der Waals surface area contributed by atoms with Crippen molar-refractivity contribution >= 4 is 5.97 Å². The fourth-order valence-electron chi connectivity index (χ4n) is 1.92. The van der Waals surface area contributed by atoms with Gasteiger partial charge in [-0.05, 0) is 24.3 Å². The van der Waals surface area contributed by atoms with Crippen LogP contribution in [0, 0.1) is 11.9 Å². The van der Waals surface area contributed by atoms with E-state index in [0.717, 1.165) is 6.07 Å². The van der Waals surface area contributed by atoms with Crippen molar-refractivity contribution in [3.63, 3.8) is 0 Å². The van der Waals surface area contributed by atoms with Crippen LogP contribution >= 0.6 is 0 Å². The minimum Gasteiger partial charge on any atom is -0.477 e. The molecule has 0 aliphatic heterocycles. The van der Waals surface area contributed by atoms with Crippen LogP contribution in [0.2, 0.25) is 0 Å². The Bertz CT molecular complexity index is 919. The van der Waals surface area contributed by atoms with Crippen molar-refractivity contribution < 1.29 is 23.4 Å². The molecule has 0 unspecified atom stereocenters. The van der Waals surface area contributed by atoms with Crippen LogP contribution in [-0.4, -0.2) is 26.0 Å². The third kappa shape index (κ3) is 3.32. The van der Waals surface area contributed by atoms with Crippen LogP contribution in [0.3, 0.4) is 0 Å². The zero-order valence-corrected chi connectivity index (χ0v) is 12.0. The Morgan fingerprint density at radius 1 is 0.917 bits per heavy atom. The lowest BCUT2D eigenvalue weighted by atomic mass is 10.2. The first-order valence-corrected chi connectivity index (χ1v) is 6.70. The van der Waals surface area contributed by atoms with E-state index in [1.165, 1.54) is 36.4 Å². The van der Waals surface area contributed by atoms with E-state index in [4.69, 9.17) is 9.84 Å². The average Bonchev–Trinajstić information content (AvgIpc) is 2.55. The monoisotopic (exact) mass is 329 g/mol. The molecule has 0 aliphatic carbocycles. The number of aromatic nitrogens is 3. The Labute approximate surface area is 134 Å². The first-order valence-electron chi connectivity index (χ1n) is 6.70. The van der Waals surface area contributed by atoms with E-state index in [2.05, 4.69) is 15.0 Å². The molecule has 0 radical (unpaired) electrons. The second-order valence-electron chi connectivity index (χ2n) is 4.60. The second-order valence-corrected chi connectivity index (χ2v) is 4.60. The van der Waals surface area contributed by atoms with Crippen LogP contribution in [0.1, 0.15) is 10.5 Å². The summed E-state index contributed by atoms with van der Waals surface area (Å²) in [5, 5.41) is 8.91. The number of carboxylic acids is 1. The van der Waals surface area contributed by atoms with Gasteiger partial charge >= 0.3 is 5.97 Å². The van der Waals surface area contributed by atoms with Crippen LogP contribution in [0.4, 0.5) is 8.78 Å². The summed E-state index contributed by atoms with van der Waals surface area (Å²) < 4.78 is 32.0. The molecule has 3 rings (SSSR count). The van der Waals surface area contributed by atoms with Gasteiger partial charge in [-0.1, -0.05) is 12.1 Å². The first kappa shape index (κ1) is 15.5. The van der Waals surface area contributed by atoms with Crippen molar-refractivity contribution in [3.8, 4) is 23.0 Å². The fraction of sp³-hybridized carbons (Fsp3) is 0. The molecule has 120 valence electrons. The maximum absolute atomic E-state index is 13.7. The standard InChI is InChI=1S/C16H9F2N3O3/c17-12-8-7-9(15(18)21-12)10-3-1-5-13(19-10)24-14-6-2-4-11(20-14)16(22)23/h1-8H,(H,22,23). The summed E-state index contributed by atoms with van der Waals surface area (Å²) in [4.78, 5) is 21.9. The number of halogens is 2. The molecule has 0 spiro atoms. The van der Waals surface area contributed by atoms with Gasteiger partial charge in [0.1, 0.15) is 0 Å². The highest BCUT2D eigenvalue weighted by atomic mass is 19.1. The molecule has 0 atom stereocenters. The van der Waals surface area contributed by atoms with Gasteiger partial charge in [-0.3, -0.25) is 0 Å². The number of carboxylic acid groups (broad SMARTS) is 1. The molecular weight excluding hydrogens is 320 g/mol. The van der Waals surface area contributed by atoms with Gasteiger partial charge < -0.3 is 9.84 Å². The van der Waals surface area contributed by atoms with Crippen molar-refractivity contribution in [1.29, 1.82) is 0 Å². The van der Waals surface area contributed by atoms with Crippen LogP contribution in [0.15, 0.2) is 48.5 Å². The molecule has 0 bridgehead atoms. The van der Waals surface area contributed by atoms with Crippen molar-refractivity contribution in [2.75, 3.05) is 0 Å². The van der Waals surface area contributed by atoms with Gasteiger partial charge in [-0.2, -0.15) is 13.8 Å². The molecule has 0 saturated carbocycles. The molecule has 8 heteroatoms. The molecule has 0 aromatic carbocycles. The zero-order chi connectivity index (χ0) is 17.1. The molecular formula is C16H9F2N3O3. The lowest BCUT2D eigenvalue weighted by Crippen LogP contribution is -2.01. The van der Waals surface area contributed by atoms with Crippen LogP contribution in [0.5, 0.6) is 11.8 Å². The Kier molecular flexibility index (Phi) is 4.11. The smallest absolute Gasteiger partial charge is 0.354 e. The van der Waals surface area contributed by atoms with E-state index in [1.807, 2.05) is 0 Å². The van der Waals surface area contributed by atoms with Gasteiger partial charge in [0, 0.05) is 12.1 Å². The number of carbonyl (C=O) groups is 1. The maximum Gasteiger partial charge on any atom is 0.354 e. The molecule has 6 nitrogen and oxygen atoms in total. The number of hydrogen-bond acceptors (Lipinski definition) is 5. The predicted octanol–water partition coefficient (Wildman–Crippen LogP) is 3.31. The van der Waals surface area contributed by atoms with Gasteiger partial charge in [0.05, 0.1) is 11.3 Å². The SMILES string of the molecule is O=C(O)c1cccc(Oc2cccc(-c3ccc(F)nc3F)n2)n1. The number of hydrogen-bond donors (Lipinski definition) is 1. The molecule has 3 aromatic heterocycles. The van der Waals surface area contributed by atoms with Crippen molar-refractivity contribution in [1.82, 2.24) is 15.0 Å². The number of aromatic carboxylic acids is 1. The normalized spacial score (nSPS) is 10.4. The Morgan fingerprint density at radius 2 is 1.62 bits per heavy atom. The fourth-order valence-corrected chi connectivity index (χ4v) is 1.92. The summed E-state index contributed by atoms with van der Waals surface area (Å²) in [6.07, 6.45) is 0. The minimum absolute atomic E-state index is 0.00842. The highest BCUT2D eigenvalue weighted by molar-refractivity contribution is 5.85. The highest BCUT2D eigenvalue weighted by Crippen LogP contribution is 2.24. The van der Waals surface area contributed by atoms with E-state index < -0.39 is 17.9 Å². The summed E-state index contributed by atoms with van der Waals surface area (Å²) >= 11 is 0. The molecule has 24 heavy (non-hydrogen) atoms. The van der Waals surface area contributed by atoms with Gasteiger partial charge in [-0.15, -0.1) is 0 Å². The first-order chi connectivity index (χ1) is 11.5. The van der Waals surface area contributed by atoms with E-state index >= 15 is 0 Å². The van der Waals surface area contributed by atoms with E-state index in [-0.39, 0.29) is 28.7 Å². The molecule has 3 heterocycles. The number of nitrogens with zero attached hydrogens (tertiary/aromatic N) is 3. The topological polar surface area (TPSA) is 85.2 Å². The largest absolute Gasteiger partial charge is 0.477 e. The van der Waals surface area contributed by atoms with E-state index in [1.54, 1.807) is 6.07 Å². The summed E-state index contributed by atoms with van der Waals surface area (Å²) in [6, 6.07) is 11.0. The van der Waals surface area contributed by atoms with Crippen LogP contribution < -0.4 is 4.74 Å². The third-order valence-electron chi connectivity index (χ3n) is 2.97. The summed E-state index contributed by atoms with van der Waals surface area (Å²) in [7, 11) is 0. The minimum atomic E-state index is -1.19. The van der Waals surface area contributed by atoms with E-state index in [9.17, 15) is 13.6 Å². The molecule has 0 saturated heterocycles. The number of pyridine rings is 3. The average molecular weight is 329 g/mol. The molecule has 0 fully saturated rings. The Morgan fingerprint density at radius 3 is 2.33 bits per heavy atom. The Hall–Kier alpha value is -3.42. The third-order valence-corrected chi connectivity index (χ3v) is 2.97. The van der Waals surface area contributed by atoms with E-state index in [0.29, 0.717) is 0 Å². The van der Waals surface area contributed by atoms with Gasteiger partial charge in [-0.25, -0.2) is 14.8 Å². The van der Waals surface area contributed by atoms with Crippen molar-refractivity contribution in [2.45, 2.75) is 0 Å². The van der Waals surface area contributed by atoms with Gasteiger partial charge in [0.25, 0.3) is 0 Å². The summed E-state index contributed by atoms with van der Waals surface area (Å²) in [5.41, 5.74) is 0.0124. The van der Waals surface area contributed by atoms with Gasteiger partial charge in [0.15, 0.2) is 5.69 Å². The van der Waals surface area contributed by atoms with Gasteiger partial charge in [0.2, 0.25) is 23.7 Å². The summed E-state index contributed by atoms with van der Waals surface area (Å²) in [5.74, 6) is -3.02. The summed E-state index contributed by atoms with van der Waals surface area (Å²) in [6.45, 7) is 0. The highest BCUT2D eigenvalue weighted by Gasteiger charge is 2.11. The second kappa shape index (κ2) is 6.37. The Balaban J connectivity index is 1.91.